The summed E-state index contributed by atoms with van der Waals surface area (Å²) in [6.07, 6.45) is -3.36. The highest BCUT2D eigenvalue weighted by atomic mass is 19.4. The van der Waals surface area contributed by atoms with Gasteiger partial charge in [0.1, 0.15) is 12.4 Å². The molecule has 1 aliphatic carbocycles. The van der Waals surface area contributed by atoms with Crippen LogP contribution in [-0.4, -0.2) is 47.3 Å². The molecule has 2 amide bonds. The van der Waals surface area contributed by atoms with E-state index in [0.717, 1.165) is 18.4 Å². The van der Waals surface area contributed by atoms with Gasteiger partial charge in [-0.05, 0) is 42.7 Å². The van der Waals surface area contributed by atoms with Gasteiger partial charge in [-0.15, -0.1) is 0 Å². The van der Waals surface area contributed by atoms with Crippen LogP contribution in [0.5, 0.6) is 0 Å². The number of hydrogen-bond acceptors (Lipinski definition) is 4. The number of carbonyl (C=O) groups excluding carboxylic acids is 2. The lowest BCUT2D eigenvalue weighted by atomic mass is 10.0. The summed E-state index contributed by atoms with van der Waals surface area (Å²) < 4.78 is 50.3. The van der Waals surface area contributed by atoms with Crippen LogP contribution in [0.2, 0.25) is 0 Å². The zero-order valence-corrected chi connectivity index (χ0v) is 17.4. The molecule has 6 nitrogen and oxygen atoms in total. The van der Waals surface area contributed by atoms with E-state index in [1.165, 1.54) is 24.3 Å². The number of carbonyl (C=O) groups is 2. The highest BCUT2D eigenvalue weighted by Gasteiger charge is 2.39. The van der Waals surface area contributed by atoms with Crippen molar-refractivity contribution in [2.24, 2.45) is 5.16 Å². The number of halogens is 4. The second-order valence-corrected chi connectivity index (χ2v) is 8.04. The third kappa shape index (κ3) is 5.88. The van der Waals surface area contributed by atoms with Gasteiger partial charge >= 0.3 is 6.18 Å². The molecule has 1 N–H and O–H groups in total. The zero-order valence-electron chi connectivity index (χ0n) is 17.4. The molecule has 1 heterocycles. The van der Waals surface area contributed by atoms with E-state index in [4.69, 9.17) is 4.84 Å². The summed E-state index contributed by atoms with van der Waals surface area (Å²) in [6, 6.07) is 12.0. The molecule has 0 aromatic heterocycles. The van der Waals surface area contributed by atoms with E-state index in [2.05, 4.69) is 5.16 Å². The van der Waals surface area contributed by atoms with Gasteiger partial charge in [0.15, 0.2) is 0 Å². The minimum atomic E-state index is -4.48. The summed E-state index contributed by atoms with van der Waals surface area (Å²) in [5, 5.41) is 5.78. The van der Waals surface area contributed by atoms with Gasteiger partial charge in [-0.2, -0.15) is 13.2 Å². The van der Waals surface area contributed by atoms with E-state index in [1.54, 1.807) is 29.2 Å². The maximum Gasteiger partial charge on any atom is 0.405 e. The van der Waals surface area contributed by atoms with Crippen molar-refractivity contribution >= 4 is 17.5 Å². The molecule has 1 atom stereocenters. The van der Waals surface area contributed by atoms with Gasteiger partial charge in [-0.3, -0.25) is 9.59 Å². The van der Waals surface area contributed by atoms with Gasteiger partial charge < -0.3 is 15.1 Å². The van der Waals surface area contributed by atoms with Crippen molar-refractivity contribution < 1.29 is 32.0 Å². The summed E-state index contributed by atoms with van der Waals surface area (Å²) >= 11 is 0. The molecule has 0 bridgehead atoms. The second-order valence-electron chi connectivity index (χ2n) is 8.04. The van der Waals surface area contributed by atoms with Gasteiger partial charge in [-0.1, -0.05) is 29.4 Å². The first-order chi connectivity index (χ1) is 15.7. The molecule has 33 heavy (non-hydrogen) atoms. The monoisotopic (exact) mass is 463 g/mol. The molecule has 1 aliphatic heterocycles. The molecule has 1 saturated carbocycles. The van der Waals surface area contributed by atoms with Crippen LogP contribution in [0, 0.1) is 5.82 Å². The van der Waals surface area contributed by atoms with Crippen LogP contribution in [0.15, 0.2) is 53.7 Å². The van der Waals surface area contributed by atoms with Crippen molar-refractivity contribution in [3.63, 3.8) is 0 Å². The Morgan fingerprint density at radius 1 is 1.12 bits per heavy atom. The lowest BCUT2D eigenvalue weighted by Crippen LogP contribution is -2.40. The Bertz CT molecular complexity index is 1070. The SMILES string of the molecule is O=C(NCC(F)(F)F)c1ccc(CN(C(=O)C2CC(c3cccc(F)c3)=NO2)C2CC2)cc1. The first-order valence-corrected chi connectivity index (χ1v) is 10.4. The summed E-state index contributed by atoms with van der Waals surface area (Å²) in [5.41, 5.74) is 1.88. The number of amides is 2. The third-order valence-corrected chi connectivity index (χ3v) is 5.39. The van der Waals surface area contributed by atoms with Crippen molar-refractivity contribution in [1.82, 2.24) is 10.2 Å². The van der Waals surface area contributed by atoms with E-state index in [-0.39, 0.29) is 30.5 Å². The van der Waals surface area contributed by atoms with Gasteiger partial charge in [0.2, 0.25) is 6.10 Å². The number of nitrogens with zero attached hydrogens (tertiary/aromatic N) is 2. The van der Waals surface area contributed by atoms with E-state index < -0.39 is 30.5 Å². The zero-order chi connectivity index (χ0) is 23.6. The summed E-state index contributed by atoms with van der Waals surface area (Å²) in [6.45, 7) is -1.14. The van der Waals surface area contributed by atoms with Crippen LogP contribution in [0.1, 0.15) is 40.7 Å². The van der Waals surface area contributed by atoms with Crippen LogP contribution in [0.4, 0.5) is 17.6 Å². The summed E-state index contributed by atoms with van der Waals surface area (Å²) in [7, 11) is 0. The van der Waals surface area contributed by atoms with Crippen LogP contribution in [0.3, 0.4) is 0 Å². The fraction of sp³-hybridized carbons (Fsp3) is 0.348. The second kappa shape index (κ2) is 9.21. The topological polar surface area (TPSA) is 71.0 Å². The fourth-order valence-electron chi connectivity index (χ4n) is 3.55. The molecule has 0 saturated heterocycles. The molecular formula is C23H21F4N3O3. The van der Waals surface area contributed by atoms with E-state index in [0.29, 0.717) is 11.3 Å². The maximum absolute atomic E-state index is 13.5. The lowest BCUT2D eigenvalue weighted by Gasteiger charge is -2.24. The third-order valence-electron chi connectivity index (χ3n) is 5.39. The van der Waals surface area contributed by atoms with Crippen LogP contribution in [-0.2, 0) is 16.2 Å². The Kier molecular flexibility index (Phi) is 6.35. The molecule has 1 fully saturated rings. The lowest BCUT2D eigenvalue weighted by molar-refractivity contribution is -0.143. The Labute approximate surface area is 187 Å². The number of nitrogens with one attached hydrogen (secondary N) is 1. The van der Waals surface area contributed by atoms with Crippen molar-refractivity contribution in [3.8, 4) is 0 Å². The van der Waals surface area contributed by atoms with Gasteiger partial charge in [-0.25, -0.2) is 4.39 Å². The Hall–Kier alpha value is -3.43. The summed E-state index contributed by atoms with van der Waals surface area (Å²) in [5.74, 6) is -1.46. The quantitative estimate of drug-likeness (QED) is 0.635. The van der Waals surface area contributed by atoms with E-state index in [1.807, 2.05) is 5.32 Å². The number of alkyl halides is 3. The normalized spacial score (nSPS) is 17.8. The summed E-state index contributed by atoms with van der Waals surface area (Å²) in [4.78, 5) is 32.0. The number of benzene rings is 2. The fourth-order valence-corrected chi connectivity index (χ4v) is 3.55. The van der Waals surface area contributed by atoms with Crippen molar-refractivity contribution in [2.45, 2.75) is 44.1 Å². The minimum Gasteiger partial charge on any atom is -0.382 e. The average molecular weight is 463 g/mol. The highest BCUT2D eigenvalue weighted by molar-refractivity contribution is 6.04. The van der Waals surface area contributed by atoms with Crippen molar-refractivity contribution in [2.75, 3.05) is 6.54 Å². The van der Waals surface area contributed by atoms with Crippen LogP contribution < -0.4 is 5.32 Å². The largest absolute Gasteiger partial charge is 0.405 e. The van der Waals surface area contributed by atoms with Crippen LogP contribution >= 0.6 is 0 Å². The highest BCUT2D eigenvalue weighted by Crippen LogP contribution is 2.31. The predicted molar refractivity (Wildman–Crippen MR) is 111 cm³/mol. The first kappa shape index (κ1) is 22.8. The van der Waals surface area contributed by atoms with Crippen LogP contribution in [0.25, 0.3) is 0 Å². The van der Waals surface area contributed by atoms with Gasteiger partial charge in [0.05, 0.1) is 5.71 Å². The standard InChI is InChI=1S/C23H21F4N3O3/c24-17-3-1-2-16(10-17)19-11-20(33-29-19)22(32)30(18-8-9-18)12-14-4-6-15(7-5-14)21(31)28-13-23(25,26)27/h1-7,10,18,20H,8-9,11-13H2,(H,28,31). The molecule has 2 aromatic rings. The van der Waals surface area contributed by atoms with Gasteiger partial charge in [0.25, 0.3) is 11.8 Å². The molecule has 10 heteroatoms. The minimum absolute atomic E-state index is 0.0640. The molecule has 1 unspecified atom stereocenters. The smallest absolute Gasteiger partial charge is 0.382 e. The maximum atomic E-state index is 13.5. The van der Waals surface area contributed by atoms with E-state index >= 15 is 0 Å². The molecule has 2 aliphatic rings. The molecule has 2 aromatic carbocycles. The molecule has 174 valence electrons. The molecule has 0 spiro atoms. The number of oxime groups is 1. The Morgan fingerprint density at radius 2 is 1.85 bits per heavy atom. The Balaban J connectivity index is 1.37. The average Bonchev–Trinajstić information content (AvgIpc) is 3.50. The first-order valence-electron chi connectivity index (χ1n) is 10.4. The molecule has 0 radical (unpaired) electrons. The van der Waals surface area contributed by atoms with E-state index in [9.17, 15) is 27.2 Å². The molecular weight excluding hydrogens is 442 g/mol. The van der Waals surface area contributed by atoms with Crippen molar-refractivity contribution in [1.29, 1.82) is 0 Å². The Morgan fingerprint density at radius 3 is 2.48 bits per heavy atom. The predicted octanol–water partition coefficient (Wildman–Crippen LogP) is 3.80. The van der Waals surface area contributed by atoms with Crippen molar-refractivity contribution in [3.05, 3.63) is 71.0 Å². The number of rotatable bonds is 7. The van der Waals surface area contributed by atoms with Gasteiger partial charge in [0, 0.05) is 30.1 Å². The molecule has 4 rings (SSSR count). The number of hydrogen-bond donors (Lipinski definition) is 1.